The summed E-state index contributed by atoms with van der Waals surface area (Å²) >= 11 is 0. The maximum absolute atomic E-state index is 12.2. The molecule has 1 unspecified atom stereocenters. The first-order valence-electron chi connectivity index (χ1n) is 9.52. The predicted octanol–water partition coefficient (Wildman–Crippen LogP) is 3.59. The van der Waals surface area contributed by atoms with Crippen LogP contribution in [-0.4, -0.2) is 30.4 Å². The standard InChI is InChI=1S/C23H28N2O4/c1-15-7-6-8-19(13-15)25-21(27)16(2)29-20(26)14-24-22(28)17-9-11-18(12-10-17)23(3,4)5/h6-13,16H,14H2,1-5H3,(H,24,28)(H,25,27). The summed E-state index contributed by atoms with van der Waals surface area (Å²) in [5, 5.41) is 5.21. The molecule has 0 aromatic heterocycles. The van der Waals surface area contributed by atoms with Gasteiger partial charge >= 0.3 is 5.97 Å². The zero-order valence-corrected chi connectivity index (χ0v) is 17.5. The fourth-order valence-corrected chi connectivity index (χ4v) is 2.64. The number of esters is 1. The van der Waals surface area contributed by atoms with Crippen LogP contribution in [0, 0.1) is 6.92 Å². The van der Waals surface area contributed by atoms with Crippen molar-refractivity contribution < 1.29 is 19.1 Å². The highest BCUT2D eigenvalue weighted by Crippen LogP contribution is 2.22. The van der Waals surface area contributed by atoms with Gasteiger partial charge < -0.3 is 15.4 Å². The Morgan fingerprint density at radius 3 is 2.28 bits per heavy atom. The molecule has 154 valence electrons. The van der Waals surface area contributed by atoms with Gasteiger partial charge in [-0.3, -0.25) is 14.4 Å². The molecular weight excluding hydrogens is 368 g/mol. The third kappa shape index (κ3) is 6.75. The number of rotatable bonds is 6. The van der Waals surface area contributed by atoms with Crippen molar-refractivity contribution in [2.24, 2.45) is 0 Å². The number of nitrogens with one attached hydrogen (secondary N) is 2. The third-order valence-electron chi connectivity index (χ3n) is 4.37. The maximum atomic E-state index is 12.2. The average molecular weight is 396 g/mol. The summed E-state index contributed by atoms with van der Waals surface area (Å²) in [6.07, 6.45) is -0.981. The number of ether oxygens (including phenoxy) is 1. The topological polar surface area (TPSA) is 84.5 Å². The molecule has 2 amide bonds. The molecule has 0 saturated carbocycles. The molecule has 0 aliphatic heterocycles. The number of amides is 2. The van der Waals surface area contributed by atoms with Crippen molar-refractivity contribution >= 4 is 23.5 Å². The van der Waals surface area contributed by atoms with E-state index in [2.05, 4.69) is 31.4 Å². The second kappa shape index (κ2) is 9.37. The van der Waals surface area contributed by atoms with E-state index in [0.717, 1.165) is 11.1 Å². The number of hydrogen-bond donors (Lipinski definition) is 2. The fourth-order valence-electron chi connectivity index (χ4n) is 2.64. The van der Waals surface area contributed by atoms with E-state index in [0.29, 0.717) is 11.3 Å². The van der Waals surface area contributed by atoms with Crippen molar-refractivity contribution in [1.29, 1.82) is 0 Å². The minimum Gasteiger partial charge on any atom is -0.451 e. The predicted molar refractivity (Wildman–Crippen MR) is 113 cm³/mol. The second-order valence-electron chi connectivity index (χ2n) is 8.00. The molecule has 29 heavy (non-hydrogen) atoms. The third-order valence-corrected chi connectivity index (χ3v) is 4.37. The average Bonchev–Trinajstić information content (AvgIpc) is 2.65. The molecule has 1 atom stereocenters. The van der Waals surface area contributed by atoms with E-state index in [9.17, 15) is 14.4 Å². The number of anilines is 1. The van der Waals surface area contributed by atoms with Crippen LogP contribution in [0.25, 0.3) is 0 Å². The van der Waals surface area contributed by atoms with E-state index in [1.807, 2.05) is 37.3 Å². The molecule has 0 aliphatic carbocycles. The van der Waals surface area contributed by atoms with Crippen LogP contribution in [0.3, 0.4) is 0 Å². The summed E-state index contributed by atoms with van der Waals surface area (Å²) < 4.78 is 5.10. The highest BCUT2D eigenvalue weighted by molar-refractivity contribution is 5.97. The molecule has 0 spiro atoms. The number of carbonyl (C=O) groups is 3. The SMILES string of the molecule is Cc1cccc(NC(=O)C(C)OC(=O)CNC(=O)c2ccc(C(C)(C)C)cc2)c1. The van der Waals surface area contributed by atoms with Crippen molar-refractivity contribution in [3.05, 3.63) is 65.2 Å². The van der Waals surface area contributed by atoms with Gasteiger partial charge in [0, 0.05) is 11.3 Å². The van der Waals surface area contributed by atoms with E-state index < -0.39 is 18.0 Å². The van der Waals surface area contributed by atoms with Gasteiger partial charge in [0.25, 0.3) is 11.8 Å². The van der Waals surface area contributed by atoms with Gasteiger partial charge in [-0.15, -0.1) is 0 Å². The van der Waals surface area contributed by atoms with Gasteiger partial charge in [-0.05, 0) is 54.7 Å². The minimum absolute atomic E-state index is 0.00598. The number of hydrogen-bond acceptors (Lipinski definition) is 4. The molecule has 0 saturated heterocycles. The monoisotopic (exact) mass is 396 g/mol. The molecule has 2 N–H and O–H groups in total. The largest absolute Gasteiger partial charge is 0.451 e. The van der Waals surface area contributed by atoms with Crippen LogP contribution in [0.4, 0.5) is 5.69 Å². The normalized spacial score (nSPS) is 12.0. The molecule has 0 heterocycles. The zero-order chi connectivity index (χ0) is 21.6. The van der Waals surface area contributed by atoms with Gasteiger partial charge in [-0.2, -0.15) is 0 Å². The lowest BCUT2D eigenvalue weighted by molar-refractivity contribution is -0.152. The Hall–Kier alpha value is -3.15. The van der Waals surface area contributed by atoms with Gasteiger partial charge in [-0.1, -0.05) is 45.0 Å². The van der Waals surface area contributed by atoms with Crippen molar-refractivity contribution in [1.82, 2.24) is 5.32 Å². The lowest BCUT2D eigenvalue weighted by atomic mass is 9.87. The Morgan fingerprint density at radius 1 is 1.03 bits per heavy atom. The molecule has 2 aromatic rings. The van der Waals surface area contributed by atoms with Crippen molar-refractivity contribution in [3.63, 3.8) is 0 Å². The van der Waals surface area contributed by atoms with Crippen molar-refractivity contribution in [2.75, 3.05) is 11.9 Å². The fraction of sp³-hybridized carbons (Fsp3) is 0.348. The van der Waals surface area contributed by atoms with Gasteiger partial charge in [0.05, 0.1) is 0 Å². The Labute approximate surface area is 171 Å². The van der Waals surface area contributed by atoms with Crippen LogP contribution in [0.1, 0.15) is 49.2 Å². The Morgan fingerprint density at radius 2 is 1.69 bits per heavy atom. The van der Waals surface area contributed by atoms with Crippen LogP contribution < -0.4 is 10.6 Å². The minimum atomic E-state index is -0.981. The van der Waals surface area contributed by atoms with E-state index in [1.165, 1.54) is 6.92 Å². The van der Waals surface area contributed by atoms with Gasteiger partial charge in [-0.25, -0.2) is 0 Å². The quantitative estimate of drug-likeness (QED) is 0.731. The molecule has 0 fully saturated rings. The Kier molecular flexibility index (Phi) is 7.15. The smallest absolute Gasteiger partial charge is 0.326 e. The van der Waals surface area contributed by atoms with Crippen molar-refractivity contribution in [3.8, 4) is 0 Å². The summed E-state index contributed by atoms with van der Waals surface area (Å²) in [5.74, 6) is -1.50. The number of aryl methyl sites for hydroxylation is 1. The van der Waals surface area contributed by atoms with E-state index >= 15 is 0 Å². The first kappa shape index (κ1) is 22.1. The Balaban J connectivity index is 1.82. The molecule has 2 aromatic carbocycles. The molecular formula is C23H28N2O4. The van der Waals surface area contributed by atoms with E-state index in [4.69, 9.17) is 4.74 Å². The van der Waals surface area contributed by atoms with Crippen molar-refractivity contribution in [2.45, 2.75) is 46.1 Å². The van der Waals surface area contributed by atoms with Crippen LogP contribution in [0.2, 0.25) is 0 Å². The Bertz CT molecular complexity index is 882. The summed E-state index contributed by atoms with van der Waals surface area (Å²) in [5.41, 5.74) is 3.20. The highest BCUT2D eigenvalue weighted by Gasteiger charge is 2.19. The molecule has 2 rings (SSSR count). The summed E-state index contributed by atoms with van der Waals surface area (Å²) in [6, 6.07) is 14.5. The summed E-state index contributed by atoms with van der Waals surface area (Å²) in [7, 11) is 0. The molecule has 6 heteroatoms. The lowest BCUT2D eigenvalue weighted by Gasteiger charge is -2.19. The second-order valence-corrected chi connectivity index (χ2v) is 8.00. The van der Waals surface area contributed by atoms with Crippen LogP contribution >= 0.6 is 0 Å². The molecule has 0 bridgehead atoms. The number of carbonyl (C=O) groups excluding carboxylic acids is 3. The van der Waals surface area contributed by atoms with E-state index in [-0.39, 0.29) is 17.9 Å². The van der Waals surface area contributed by atoms with Crippen LogP contribution in [-0.2, 0) is 19.7 Å². The van der Waals surface area contributed by atoms with Crippen LogP contribution in [0.5, 0.6) is 0 Å². The van der Waals surface area contributed by atoms with Crippen LogP contribution in [0.15, 0.2) is 48.5 Å². The van der Waals surface area contributed by atoms with E-state index in [1.54, 1.807) is 18.2 Å². The highest BCUT2D eigenvalue weighted by atomic mass is 16.5. The first-order valence-corrected chi connectivity index (χ1v) is 9.52. The maximum Gasteiger partial charge on any atom is 0.326 e. The summed E-state index contributed by atoms with van der Waals surface area (Å²) in [6.45, 7) is 9.35. The summed E-state index contributed by atoms with van der Waals surface area (Å²) in [4.78, 5) is 36.3. The molecule has 0 aliphatic rings. The van der Waals surface area contributed by atoms with Gasteiger partial charge in [0.15, 0.2) is 6.10 Å². The molecule has 6 nitrogen and oxygen atoms in total. The zero-order valence-electron chi connectivity index (χ0n) is 17.5. The number of benzene rings is 2. The van der Waals surface area contributed by atoms with Gasteiger partial charge in [0.1, 0.15) is 6.54 Å². The van der Waals surface area contributed by atoms with Gasteiger partial charge in [0.2, 0.25) is 0 Å². The molecule has 0 radical (unpaired) electrons. The first-order chi connectivity index (χ1) is 13.6. The lowest BCUT2D eigenvalue weighted by Crippen LogP contribution is -2.35.